The molecule has 170 valence electrons. The molecule has 1 amide bonds. The van der Waals surface area contributed by atoms with Crippen LogP contribution in [0, 0.1) is 7.14 Å². The van der Waals surface area contributed by atoms with E-state index < -0.39 is 0 Å². The quantitative estimate of drug-likeness (QED) is 0.191. The Labute approximate surface area is 226 Å². The number of hydrogen-bond donors (Lipinski definition) is 1. The fourth-order valence-corrected chi connectivity index (χ4v) is 5.33. The lowest BCUT2D eigenvalue weighted by Gasteiger charge is -2.12. The molecule has 1 aliphatic rings. The number of ether oxygens (including phenoxy) is 4. The van der Waals surface area contributed by atoms with Crippen LogP contribution in [-0.4, -0.2) is 26.0 Å². The number of methoxy groups -OCH3 is 1. The third-order valence-electron chi connectivity index (χ3n) is 4.63. The average molecular weight is 735 g/mol. The third-order valence-corrected chi connectivity index (χ3v) is 6.92. The number of nitrogens with one attached hydrogen (secondary N) is 1. The molecule has 0 spiro atoms. The zero-order valence-electron chi connectivity index (χ0n) is 17.2. The Morgan fingerprint density at radius 3 is 2.73 bits per heavy atom. The summed E-state index contributed by atoms with van der Waals surface area (Å²) < 4.78 is 24.6. The second kappa shape index (κ2) is 10.9. The summed E-state index contributed by atoms with van der Waals surface area (Å²) in [6, 6.07) is 14.8. The molecular formula is C23H17BrI2N2O5. The lowest BCUT2D eigenvalue weighted by molar-refractivity contribution is 0.0954. The molecule has 10 heteroatoms. The van der Waals surface area contributed by atoms with Crippen LogP contribution < -0.4 is 24.4 Å². The summed E-state index contributed by atoms with van der Waals surface area (Å²) in [7, 11) is 1.57. The van der Waals surface area contributed by atoms with E-state index in [4.69, 9.17) is 18.9 Å². The van der Waals surface area contributed by atoms with Crippen LogP contribution in [-0.2, 0) is 6.61 Å². The van der Waals surface area contributed by atoms with Crippen molar-refractivity contribution in [1.82, 2.24) is 5.43 Å². The second-order valence-electron chi connectivity index (χ2n) is 6.84. The largest absolute Gasteiger partial charge is 0.496 e. The lowest BCUT2D eigenvalue weighted by Crippen LogP contribution is -2.17. The molecule has 0 bridgehead atoms. The first-order valence-corrected chi connectivity index (χ1v) is 12.6. The Hall–Kier alpha value is -2.06. The van der Waals surface area contributed by atoms with E-state index in [9.17, 15) is 4.79 Å². The van der Waals surface area contributed by atoms with Gasteiger partial charge >= 0.3 is 0 Å². The predicted molar refractivity (Wildman–Crippen MR) is 145 cm³/mol. The molecular weight excluding hydrogens is 718 g/mol. The maximum Gasteiger partial charge on any atom is 0.271 e. The SMILES string of the molecule is COc1cc(C(=O)N/N=C\c2cc(Br)c(OCc3ccc4c(c3)OCO4)c(I)c2)ccc1I. The van der Waals surface area contributed by atoms with E-state index in [1.165, 1.54) is 0 Å². The van der Waals surface area contributed by atoms with Gasteiger partial charge in [0.2, 0.25) is 6.79 Å². The Kier molecular flexibility index (Phi) is 7.96. The highest BCUT2D eigenvalue weighted by Gasteiger charge is 2.15. The fraction of sp³-hybridized carbons (Fsp3) is 0.130. The summed E-state index contributed by atoms with van der Waals surface area (Å²) in [6.45, 7) is 0.625. The zero-order chi connectivity index (χ0) is 23.4. The highest BCUT2D eigenvalue weighted by molar-refractivity contribution is 14.1. The van der Waals surface area contributed by atoms with Crippen LogP contribution in [0.3, 0.4) is 0 Å². The molecule has 0 aliphatic carbocycles. The number of fused-ring (bicyclic) bond motifs is 1. The van der Waals surface area contributed by atoms with E-state index >= 15 is 0 Å². The molecule has 4 rings (SSSR count). The Morgan fingerprint density at radius 2 is 1.94 bits per heavy atom. The first-order valence-electron chi connectivity index (χ1n) is 9.62. The van der Waals surface area contributed by atoms with Gasteiger partial charge in [0.15, 0.2) is 11.5 Å². The molecule has 0 fully saturated rings. The molecule has 3 aromatic rings. The van der Waals surface area contributed by atoms with Crippen LogP contribution in [0.15, 0.2) is 58.1 Å². The fourth-order valence-electron chi connectivity index (χ4n) is 3.01. The second-order valence-corrected chi connectivity index (χ2v) is 10.0. The van der Waals surface area contributed by atoms with Gasteiger partial charge in [-0.1, -0.05) is 6.07 Å². The minimum Gasteiger partial charge on any atom is -0.496 e. The van der Waals surface area contributed by atoms with Gasteiger partial charge in [-0.15, -0.1) is 0 Å². The molecule has 33 heavy (non-hydrogen) atoms. The molecule has 0 saturated heterocycles. The van der Waals surface area contributed by atoms with Crippen molar-refractivity contribution in [3.8, 4) is 23.0 Å². The number of rotatable bonds is 7. The maximum atomic E-state index is 12.4. The number of amides is 1. The van der Waals surface area contributed by atoms with Crippen molar-refractivity contribution in [3.63, 3.8) is 0 Å². The molecule has 1 heterocycles. The zero-order valence-corrected chi connectivity index (χ0v) is 23.1. The number of nitrogens with zero attached hydrogens (tertiary/aromatic N) is 1. The molecule has 0 atom stereocenters. The Bertz CT molecular complexity index is 1210. The van der Waals surface area contributed by atoms with Gasteiger partial charge in [0, 0.05) is 5.56 Å². The van der Waals surface area contributed by atoms with Crippen molar-refractivity contribution >= 4 is 73.2 Å². The van der Waals surface area contributed by atoms with Crippen molar-refractivity contribution in [1.29, 1.82) is 0 Å². The van der Waals surface area contributed by atoms with Crippen LogP contribution >= 0.6 is 61.1 Å². The van der Waals surface area contributed by atoms with Gasteiger partial charge in [-0.2, -0.15) is 5.10 Å². The van der Waals surface area contributed by atoms with E-state index in [1.54, 1.807) is 25.5 Å². The van der Waals surface area contributed by atoms with Gasteiger partial charge in [-0.3, -0.25) is 4.79 Å². The molecule has 0 radical (unpaired) electrons. The van der Waals surface area contributed by atoms with Gasteiger partial charge in [-0.05, 0) is 115 Å². The van der Waals surface area contributed by atoms with Gasteiger partial charge < -0.3 is 18.9 Å². The van der Waals surface area contributed by atoms with Crippen molar-refractivity contribution in [2.24, 2.45) is 5.10 Å². The van der Waals surface area contributed by atoms with E-state index in [2.05, 4.69) is 71.6 Å². The number of hydrogen-bond acceptors (Lipinski definition) is 6. The first-order chi connectivity index (χ1) is 15.9. The van der Waals surface area contributed by atoms with Crippen molar-refractivity contribution < 1.29 is 23.7 Å². The van der Waals surface area contributed by atoms with Crippen molar-refractivity contribution in [2.45, 2.75) is 6.61 Å². The molecule has 1 N–H and O–H groups in total. The summed E-state index contributed by atoms with van der Waals surface area (Å²) >= 11 is 7.92. The van der Waals surface area contributed by atoms with Crippen LogP contribution in [0.25, 0.3) is 0 Å². The first kappa shape index (κ1) is 24.1. The summed E-state index contributed by atoms with van der Waals surface area (Å²) in [6.07, 6.45) is 1.58. The molecule has 0 aromatic heterocycles. The monoisotopic (exact) mass is 734 g/mol. The summed E-state index contributed by atoms with van der Waals surface area (Å²) in [4.78, 5) is 12.4. The Balaban J connectivity index is 1.39. The average Bonchev–Trinajstić information content (AvgIpc) is 3.26. The number of carbonyl (C=O) groups excluding carboxylic acids is 1. The van der Waals surface area contributed by atoms with Crippen molar-refractivity contribution in [3.05, 3.63) is 76.8 Å². The summed E-state index contributed by atoms with van der Waals surface area (Å²) in [5.74, 6) is 2.51. The van der Waals surface area contributed by atoms with Crippen LogP contribution in [0.5, 0.6) is 23.0 Å². The summed E-state index contributed by atoms with van der Waals surface area (Å²) in [5, 5.41) is 4.08. The van der Waals surface area contributed by atoms with E-state index in [0.717, 1.165) is 40.0 Å². The van der Waals surface area contributed by atoms with E-state index in [1.807, 2.05) is 36.4 Å². The van der Waals surface area contributed by atoms with Crippen LogP contribution in [0.2, 0.25) is 0 Å². The molecule has 0 unspecified atom stereocenters. The molecule has 3 aromatic carbocycles. The van der Waals surface area contributed by atoms with Gasteiger partial charge in [-0.25, -0.2) is 5.43 Å². The van der Waals surface area contributed by atoms with E-state index in [-0.39, 0.29) is 12.7 Å². The topological polar surface area (TPSA) is 78.4 Å². The number of carbonyl (C=O) groups is 1. The number of halogens is 3. The number of benzene rings is 3. The predicted octanol–water partition coefficient (Wildman–Crippen LogP) is 5.74. The minimum absolute atomic E-state index is 0.242. The minimum atomic E-state index is -0.321. The molecule has 1 aliphatic heterocycles. The van der Waals surface area contributed by atoms with Crippen molar-refractivity contribution in [2.75, 3.05) is 13.9 Å². The molecule has 0 saturated carbocycles. The maximum absolute atomic E-state index is 12.4. The van der Waals surface area contributed by atoms with Gasteiger partial charge in [0.1, 0.15) is 18.1 Å². The normalized spacial score (nSPS) is 12.1. The third kappa shape index (κ3) is 5.90. The highest BCUT2D eigenvalue weighted by atomic mass is 127. The number of hydrazone groups is 1. The smallest absolute Gasteiger partial charge is 0.271 e. The van der Waals surface area contributed by atoms with Gasteiger partial charge in [0.05, 0.1) is 24.9 Å². The molecule has 7 nitrogen and oxygen atoms in total. The van der Waals surface area contributed by atoms with E-state index in [0.29, 0.717) is 17.9 Å². The van der Waals surface area contributed by atoms with Crippen LogP contribution in [0.4, 0.5) is 0 Å². The lowest BCUT2D eigenvalue weighted by atomic mass is 10.2. The Morgan fingerprint density at radius 1 is 1.12 bits per heavy atom. The van der Waals surface area contributed by atoms with Crippen LogP contribution in [0.1, 0.15) is 21.5 Å². The standard InChI is InChI=1S/C23H17BrI2N2O5/c1-30-20-9-15(3-4-17(20)25)23(29)28-27-10-14-6-16(24)22(18(26)7-14)31-11-13-2-5-19-21(8-13)33-12-32-19/h2-10H,11-12H2,1H3,(H,28,29)/b27-10-. The van der Waals surface area contributed by atoms with Gasteiger partial charge in [0.25, 0.3) is 5.91 Å². The highest BCUT2D eigenvalue weighted by Crippen LogP contribution is 2.35. The summed E-state index contributed by atoms with van der Waals surface area (Å²) in [5.41, 5.74) is 4.79.